The molecule has 3 rings (SSSR count). The molecule has 1 amide bonds. The zero-order chi connectivity index (χ0) is 14.7. The van der Waals surface area contributed by atoms with Crippen LogP contribution in [0.3, 0.4) is 0 Å². The summed E-state index contributed by atoms with van der Waals surface area (Å²) < 4.78 is 1.83. The third-order valence-corrected chi connectivity index (χ3v) is 3.83. The Morgan fingerprint density at radius 1 is 1.29 bits per heavy atom. The highest BCUT2D eigenvalue weighted by Gasteiger charge is 2.10. The average Bonchev–Trinajstić information content (AvgIpc) is 3.11. The van der Waals surface area contributed by atoms with E-state index in [0.717, 1.165) is 16.4 Å². The van der Waals surface area contributed by atoms with E-state index in [-0.39, 0.29) is 12.5 Å². The second kappa shape index (κ2) is 5.80. The van der Waals surface area contributed by atoms with Crippen LogP contribution in [0, 0.1) is 0 Å². The van der Waals surface area contributed by atoms with Crippen molar-refractivity contribution in [2.75, 3.05) is 11.1 Å². The lowest BCUT2D eigenvalue weighted by atomic mass is 10.3. The van der Waals surface area contributed by atoms with E-state index in [2.05, 4.69) is 10.3 Å². The maximum absolute atomic E-state index is 12.1. The summed E-state index contributed by atoms with van der Waals surface area (Å²) in [5.74, 6) is 0.702. The number of carbonyl (C=O) groups is 1. The molecule has 3 N–H and O–H groups in total. The number of anilines is 2. The molecular formula is C15H14N4OS. The molecule has 0 aliphatic rings. The molecule has 0 fully saturated rings. The van der Waals surface area contributed by atoms with Crippen LogP contribution in [-0.2, 0) is 11.3 Å². The number of thiophene rings is 1. The van der Waals surface area contributed by atoms with E-state index in [1.807, 2.05) is 22.1 Å². The van der Waals surface area contributed by atoms with Gasteiger partial charge >= 0.3 is 0 Å². The van der Waals surface area contributed by atoms with Crippen LogP contribution in [0.15, 0.2) is 54.2 Å². The van der Waals surface area contributed by atoms with Crippen LogP contribution >= 0.6 is 11.3 Å². The maximum Gasteiger partial charge on any atom is 0.244 e. The molecule has 1 aromatic carbocycles. The predicted molar refractivity (Wildman–Crippen MR) is 85.0 cm³/mol. The Balaban J connectivity index is 1.71. The number of rotatable bonds is 4. The first kappa shape index (κ1) is 13.4. The van der Waals surface area contributed by atoms with Crippen LogP contribution < -0.4 is 11.1 Å². The first-order valence-corrected chi connectivity index (χ1v) is 7.31. The minimum atomic E-state index is -0.101. The normalized spacial score (nSPS) is 10.5. The molecule has 0 aliphatic heterocycles. The van der Waals surface area contributed by atoms with E-state index in [9.17, 15) is 4.79 Å². The molecule has 0 aliphatic carbocycles. The zero-order valence-corrected chi connectivity index (χ0v) is 12.0. The van der Waals surface area contributed by atoms with Gasteiger partial charge in [-0.3, -0.25) is 4.79 Å². The molecule has 5 nitrogen and oxygen atoms in total. The molecule has 6 heteroatoms. The molecule has 0 unspecified atom stereocenters. The van der Waals surface area contributed by atoms with Crippen LogP contribution in [0.2, 0.25) is 0 Å². The van der Waals surface area contributed by atoms with Crippen molar-refractivity contribution >= 4 is 28.6 Å². The Morgan fingerprint density at radius 3 is 2.81 bits per heavy atom. The number of nitrogens with zero attached hydrogens (tertiary/aromatic N) is 2. The standard InChI is InChI=1S/C15H14N4OS/c16-11-3-5-12(6-4-11)18-14(20)10-19-8-7-17-15(19)13-2-1-9-21-13/h1-9H,10,16H2,(H,18,20). The third-order valence-electron chi connectivity index (χ3n) is 2.97. The van der Waals surface area contributed by atoms with E-state index in [1.54, 1.807) is 48.0 Å². The number of amides is 1. The molecule has 3 aromatic rings. The number of benzene rings is 1. The topological polar surface area (TPSA) is 72.9 Å². The summed E-state index contributed by atoms with van der Waals surface area (Å²) in [5, 5.41) is 4.83. The van der Waals surface area contributed by atoms with Gasteiger partial charge in [0, 0.05) is 23.8 Å². The Hall–Kier alpha value is -2.60. The summed E-state index contributed by atoms with van der Waals surface area (Å²) >= 11 is 1.60. The van der Waals surface area contributed by atoms with Crippen LogP contribution in [0.25, 0.3) is 10.7 Å². The fraction of sp³-hybridized carbons (Fsp3) is 0.0667. The average molecular weight is 298 g/mol. The van der Waals surface area contributed by atoms with Crippen molar-refractivity contribution in [1.82, 2.24) is 9.55 Å². The smallest absolute Gasteiger partial charge is 0.244 e. The summed E-state index contributed by atoms with van der Waals surface area (Å²) in [4.78, 5) is 17.4. The van der Waals surface area contributed by atoms with Crippen molar-refractivity contribution in [3.63, 3.8) is 0 Å². The zero-order valence-electron chi connectivity index (χ0n) is 11.2. The number of nitrogens with one attached hydrogen (secondary N) is 1. The molecule has 0 spiro atoms. The minimum Gasteiger partial charge on any atom is -0.399 e. The van der Waals surface area contributed by atoms with Crippen molar-refractivity contribution in [3.8, 4) is 10.7 Å². The first-order valence-electron chi connectivity index (χ1n) is 6.43. The fourth-order valence-corrected chi connectivity index (χ4v) is 2.73. The van der Waals surface area contributed by atoms with Crippen LogP contribution in [0.5, 0.6) is 0 Å². The number of carbonyl (C=O) groups excluding carboxylic acids is 1. The molecule has 0 saturated heterocycles. The fourth-order valence-electron chi connectivity index (χ4n) is 1.99. The monoisotopic (exact) mass is 298 g/mol. The predicted octanol–water partition coefficient (Wildman–Crippen LogP) is 2.83. The Labute approximate surface area is 126 Å². The van der Waals surface area contributed by atoms with Crippen molar-refractivity contribution in [1.29, 1.82) is 0 Å². The van der Waals surface area contributed by atoms with E-state index >= 15 is 0 Å². The molecule has 0 atom stereocenters. The van der Waals surface area contributed by atoms with E-state index in [4.69, 9.17) is 5.73 Å². The van der Waals surface area contributed by atoms with Gasteiger partial charge in [0.05, 0.1) is 4.88 Å². The second-order valence-electron chi connectivity index (χ2n) is 4.53. The Morgan fingerprint density at radius 2 is 2.10 bits per heavy atom. The summed E-state index contributed by atoms with van der Waals surface area (Å²) in [6, 6.07) is 11.0. The van der Waals surface area contributed by atoms with Gasteiger partial charge < -0.3 is 15.6 Å². The number of nitrogens with two attached hydrogens (primary N) is 1. The molecule has 2 heterocycles. The molecule has 0 radical (unpaired) electrons. The lowest BCUT2D eigenvalue weighted by Gasteiger charge is -2.08. The van der Waals surface area contributed by atoms with E-state index in [1.165, 1.54) is 0 Å². The molecular weight excluding hydrogens is 284 g/mol. The van der Waals surface area contributed by atoms with Crippen LogP contribution in [0.1, 0.15) is 0 Å². The van der Waals surface area contributed by atoms with Gasteiger partial charge in [0.1, 0.15) is 12.4 Å². The van der Waals surface area contributed by atoms with E-state index < -0.39 is 0 Å². The van der Waals surface area contributed by atoms with Gasteiger partial charge in [-0.2, -0.15) is 0 Å². The number of hydrogen-bond acceptors (Lipinski definition) is 4. The molecule has 0 saturated carbocycles. The Bertz CT molecular complexity index is 731. The van der Waals surface area contributed by atoms with Crippen molar-refractivity contribution in [2.45, 2.75) is 6.54 Å². The van der Waals surface area contributed by atoms with Crippen molar-refractivity contribution < 1.29 is 4.79 Å². The van der Waals surface area contributed by atoms with Gasteiger partial charge in [-0.1, -0.05) is 6.07 Å². The summed E-state index contributed by atoms with van der Waals surface area (Å²) in [7, 11) is 0. The third kappa shape index (κ3) is 3.11. The molecule has 21 heavy (non-hydrogen) atoms. The highest BCUT2D eigenvalue weighted by Crippen LogP contribution is 2.22. The summed E-state index contributed by atoms with van der Waals surface area (Å²) in [6.45, 7) is 0.220. The number of aromatic nitrogens is 2. The van der Waals surface area contributed by atoms with E-state index in [0.29, 0.717) is 5.69 Å². The quantitative estimate of drug-likeness (QED) is 0.727. The second-order valence-corrected chi connectivity index (χ2v) is 5.47. The highest BCUT2D eigenvalue weighted by molar-refractivity contribution is 7.13. The summed E-state index contributed by atoms with van der Waals surface area (Å²) in [6.07, 6.45) is 3.50. The highest BCUT2D eigenvalue weighted by atomic mass is 32.1. The summed E-state index contributed by atoms with van der Waals surface area (Å²) in [5.41, 5.74) is 7.02. The van der Waals surface area contributed by atoms with Gasteiger partial charge in [-0.05, 0) is 35.7 Å². The van der Waals surface area contributed by atoms with Crippen LogP contribution in [0.4, 0.5) is 11.4 Å². The SMILES string of the molecule is Nc1ccc(NC(=O)Cn2ccnc2-c2cccs2)cc1. The number of hydrogen-bond donors (Lipinski definition) is 2. The van der Waals surface area contributed by atoms with Gasteiger partial charge in [-0.15, -0.1) is 11.3 Å². The van der Waals surface area contributed by atoms with Gasteiger partial charge in [-0.25, -0.2) is 4.98 Å². The van der Waals surface area contributed by atoms with Crippen molar-refractivity contribution in [2.24, 2.45) is 0 Å². The Kier molecular flexibility index (Phi) is 3.70. The molecule has 2 aromatic heterocycles. The number of nitrogen functional groups attached to an aromatic ring is 1. The van der Waals surface area contributed by atoms with Gasteiger partial charge in [0.25, 0.3) is 0 Å². The molecule has 0 bridgehead atoms. The minimum absolute atomic E-state index is 0.101. The van der Waals surface area contributed by atoms with Gasteiger partial charge in [0.15, 0.2) is 0 Å². The lowest BCUT2D eigenvalue weighted by Crippen LogP contribution is -2.18. The van der Waals surface area contributed by atoms with Crippen LogP contribution in [-0.4, -0.2) is 15.5 Å². The molecule has 106 valence electrons. The largest absolute Gasteiger partial charge is 0.399 e. The lowest BCUT2D eigenvalue weighted by molar-refractivity contribution is -0.116. The maximum atomic E-state index is 12.1. The first-order chi connectivity index (χ1) is 10.2. The van der Waals surface area contributed by atoms with Gasteiger partial charge in [0.2, 0.25) is 5.91 Å². The van der Waals surface area contributed by atoms with Crippen molar-refractivity contribution in [3.05, 3.63) is 54.2 Å². The number of imidazole rings is 1.